The predicted octanol–water partition coefficient (Wildman–Crippen LogP) is 1.89. The first-order valence-corrected chi connectivity index (χ1v) is 6.13. The number of halogens is 3. The molecule has 0 aromatic heterocycles. The smallest absolute Gasteiger partial charge is 0.475 e. The lowest BCUT2D eigenvalue weighted by Crippen LogP contribution is -2.29. The highest BCUT2D eigenvalue weighted by Crippen LogP contribution is 2.13. The van der Waals surface area contributed by atoms with Crippen molar-refractivity contribution >= 4 is 12.1 Å². The molecule has 124 valence electrons. The van der Waals surface area contributed by atoms with E-state index < -0.39 is 18.2 Å². The number of amides is 1. The molecule has 0 aliphatic rings. The molecule has 1 amide bonds. The molecule has 0 fully saturated rings. The summed E-state index contributed by atoms with van der Waals surface area (Å²) in [5.41, 5.74) is 6.48. The minimum Gasteiger partial charge on any atom is -0.475 e. The van der Waals surface area contributed by atoms with Crippen LogP contribution in [0.25, 0.3) is 0 Å². The Hall–Kier alpha value is -2.29. The fourth-order valence-electron chi connectivity index (χ4n) is 1.03. The van der Waals surface area contributed by atoms with Gasteiger partial charge in [-0.15, -0.1) is 0 Å². The molecule has 9 heteroatoms. The predicted molar refractivity (Wildman–Crippen MR) is 72.0 cm³/mol. The van der Waals surface area contributed by atoms with Gasteiger partial charge in [-0.25, -0.2) is 9.59 Å². The van der Waals surface area contributed by atoms with E-state index in [4.69, 9.17) is 20.4 Å². The molecule has 0 saturated heterocycles. The van der Waals surface area contributed by atoms with Crippen molar-refractivity contribution < 1.29 is 32.6 Å². The van der Waals surface area contributed by atoms with E-state index in [1.807, 2.05) is 30.3 Å². The quantitative estimate of drug-likeness (QED) is 0.786. The van der Waals surface area contributed by atoms with Gasteiger partial charge in [0, 0.05) is 12.6 Å². The second-order valence-electron chi connectivity index (χ2n) is 4.22. The van der Waals surface area contributed by atoms with Gasteiger partial charge in [0.25, 0.3) is 0 Å². The number of ether oxygens (including phenoxy) is 1. The molecular formula is C13H17F3N2O4. The standard InChI is InChI=1S/C11H16N2O2.C2HF3O2/c1-9(12)8-15-11(14)13-7-10-5-3-2-4-6-10;3-2(4,5)1(6)7/h2-6,9H,7-8,12H2,1H3,(H,13,14);(H,6,7)/t9-;/m0./s1. The fraction of sp³-hybridized carbons (Fsp3) is 0.385. The van der Waals surface area contributed by atoms with Gasteiger partial charge in [-0.3, -0.25) is 0 Å². The molecule has 1 rings (SSSR count). The van der Waals surface area contributed by atoms with Crippen LogP contribution in [0.4, 0.5) is 18.0 Å². The van der Waals surface area contributed by atoms with Gasteiger partial charge in [0.2, 0.25) is 0 Å². The van der Waals surface area contributed by atoms with Crippen LogP contribution < -0.4 is 11.1 Å². The van der Waals surface area contributed by atoms with Crippen molar-refractivity contribution in [3.63, 3.8) is 0 Å². The fourth-order valence-corrected chi connectivity index (χ4v) is 1.03. The van der Waals surface area contributed by atoms with Crippen molar-refractivity contribution in [3.8, 4) is 0 Å². The average Bonchev–Trinajstić information content (AvgIpc) is 2.43. The van der Waals surface area contributed by atoms with Gasteiger partial charge in [-0.2, -0.15) is 13.2 Å². The summed E-state index contributed by atoms with van der Waals surface area (Å²) < 4.78 is 36.6. The van der Waals surface area contributed by atoms with Gasteiger partial charge in [0.1, 0.15) is 6.61 Å². The zero-order valence-electron chi connectivity index (χ0n) is 11.8. The topological polar surface area (TPSA) is 102 Å². The number of benzene rings is 1. The highest BCUT2D eigenvalue weighted by Gasteiger charge is 2.38. The Labute approximate surface area is 125 Å². The maximum Gasteiger partial charge on any atom is 0.490 e. The van der Waals surface area contributed by atoms with E-state index in [2.05, 4.69) is 5.32 Å². The first-order chi connectivity index (χ1) is 10.1. The van der Waals surface area contributed by atoms with E-state index in [9.17, 15) is 18.0 Å². The van der Waals surface area contributed by atoms with E-state index in [1.165, 1.54) is 0 Å². The molecular weight excluding hydrogens is 305 g/mol. The average molecular weight is 322 g/mol. The van der Waals surface area contributed by atoms with Crippen LogP contribution in [0.1, 0.15) is 12.5 Å². The first kappa shape index (κ1) is 19.7. The molecule has 0 saturated carbocycles. The number of carbonyl (C=O) groups excluding carboxylic acids is 1. The number of aliphatic carboxylic acids is 1. The first-order valence-electron chi connectivity index (χ1n) is 6.13. The van der Waals surface area contributed by atoms with E-state index in [1.54, 1.807) is 6.92 Å². The monoisotopic (exact) mass is 322 g/mol. The minimum atomic E-state index is -5.08. The number of carboxylic acid groups (broad SMARTS) is 1. The summed E-state index contributed by atoms with van der Waals surface area (Å²) in [6.45, 7) is 2.49. The third-order valence-corrected chi connectivity index (χ3v) is 2.00. The van der Waals surface area contributed by atoms with Crippen molar-refractivity contribution in [2.45, 2.75) is 25.7 Å². The van der Waals surface area contributed by atoms with Gasteiger partial charge in [-0.1, -0.05) is 30.3 Å². The lowest BCUT2D eigenvalue weighted by molar-refractivity contribution is -0.192. The van der Waals surface area contributed by atoms with Crippen LogP contribution in [0.5, 0.6) is 0 Å². The van der Waals surface area contributed by atoms with Crippen molar-refractivity contribution in [1.29, 1.82) is 0 Å². The van der Waals surface area contributed by atoms with E-state index in [0.717, 1.165) is 5.56 Å². The second-order valence-corrected chi connectivity index (χ2v) is 4.22. The summed E-state index contributed by atoms with van der Waals surface area (Å²) in [4.78, 5) is 20.0. The van der Waals surface area contributed by atoms with E-state index in [0.29, 0.717) is 6.54 Å². The number of carboxylic acids is 1. The van der Waals surface area contributed by atoms with Crippen LogP contribution in [0.3, 0.4) is 0 Å². The van der Waals surface area contributed by atoms with Gasteiger partial charge in [-0.05, 0) is 12.5 Å². The van der Waals surface area contributed by atoms with Crippen LogP contribution in [0, 0.1) is 0 Å². The summed E-state index contributed by atoms with van der Waals surface area (Å²) >= 11 is 0. The number of alkyl carbamates (subject to hydrolysis) is 1. The maximum atomic E-state index is 11.1. The van der Waals surface area contributed by atoms with Crippen LogP contribution >= 0.6 is 0 Å². The molecule has 0 heterocycles. The summed E-state index contributed by atoms with van der Waals surface area (Å²) in [5.74, 6) is -2.76. The molecule has 0 bridgehead atoms. The largest absolute Gasteiger partial charge is 0.490 e. The molecule has 4 N–H and O–H groups in total. The lowest BCUT2D eigenvalue weighted by Gasteiger charge is -2.08. The van der Waals surface area contributed by atoms with Gasteiger partial charge in [0.15, 0.2) is 0 Å². The second kappa shape index (κ2) is 9.61. The SMILES string of the molecule is C[C@H](N)COC(=O)NCc1ccccc1.O=C(O)C(F)(F)F. The Bertz CT molecular complexity index is 464. The Balaban J connectivity index is 0.000000534. The van der Waals surface area contributed by atoms with E-state index >= 15 is 0 Å². The summed E-state index contributed by atoms with van der Waals surface area (Å²) in [5, 5.41) is 9.76. The van der Waals surface area contributed by atoms with Gasteiger partial charge < -0.3 is 20.9 Å². The molecule has 6 nitrogen and oxygen atoms in total. The van der Waals surface area contributed by atoms with Gasteiger partial charge >= 0.3 is 18.2 Å². The van der Waals surface area contributed by atoms with Crippen molar-refractivity contribution in [3.05, 3.63) is 35.9 Å². The number of hydrogen-bond acceptors (Lipinski definition) is 4. The Morgan fingerprint density at radius 2 is 1.82 bits per heavy atom. The van der Waals surface area contributed by atoms with Crippen LogP contribution in [0.2, 0.25) is 0 Å². The lowest BCUT2D eigenvalue weighted by atomic mass is 10.2. The highest BCUT2D eigenvalue weighted by molar-refractivity contribution is 5.73. The van der Waals surface area contributed by atoms with E-state index in [-0.39, 0.29) is 12.6 Å². The third kappa shape index (κ3) is 10.5. The Morgan fingerprint density at radius 3 is 2.23 bits per heavy atom. The third-order valence-electron chi connectivity index (χ3n) is 2.00. The maximum absolute atomic E-state index is 11.1. The highest BCUT2D eigenvalue weighted by atomic mass is 19.4. The molecule has 1 aromatic carbocycles. The minimum absolute atomic E-state index is 0.132. The number of nitrogens with two attached hydrogens (primary N) is 1. The molecule has 1 atom stereocenters. The zero-order chi connectivity index (χ0) is 17.2. The number of nitrogens with one attached hydrogen (secondary N) is 1. The number of carbonyl (C=O) groups is 2. The Morgan fingerprint density at radius 1 is 1.32 bits per heavy atom. The van der Waals surface area contributed by atoms with Gasteiger partial charge in [0.05, 0.1) is 0 Å². The number of alkyl halides is 3. The van der Waals surface area contributed by atoms with Crippen molar-refractivity contribution in [2.75, 3.05) is 6.61 Å². The molecule has 0 aliphatic heterocycles. The zero-order valence-corrected chi connectivity index (χ0v) is 11.8. The number of hydrogen-bond donors (Lipinski definition) is 3. The van der Waals surface area contributed by atoms with Crippen molar-refractivity contribution in [2.24, 2.45) is 5.73 Å². The van der Waals surface area contributed by atoms with Crippen molar-refractivity contribution in [1.82, 2.24) is 5.32 Å². The molecule has 0 unspecified atom stereocenters. The van der Waals surface area contributed by atoms with Crippen LogP contribution in [0.15, 0.2) is 30.3 Å². The number of rotatable bonds is 4. The molecule has 1 aromatic rings. The summed E-state index contributed by atoms with van der Waals surface area (Å²) in [6, 6.07) is 9.51. The molecule has 0 spiro atoms. The van der Waals surface area contributed by atoms with Crippen LogP contribution in [-0.4, -0.2) is 36.0 Å². The summed E-state index contributed by atoms with van der Waals surface area (Å²) in [6.07, 6.45) is -5.52. The van der Waals surface area contributed by atoms with Crippen LogP contribution in [-0.2, 0) is 16.1 Å². The molecule has 22 heavy (non-hydrogen) atoms. The Kier molecular flexibility index (Phi) is 8.61. The molecule has 0 aliphatic carbocycles. The summed E-state index contributed by atoms with van der Waals surface area (Å²) in [7, 11) is 0. The normalized spacial score (nSPS) is 11.7. The molecule has 0 radical (unpaired) electrons.